The lowest BCUT2D eigenvalue weighted by Gasteiger charge is -2.21. The Morgan fingerprint density at radius 1 is 0.824 bits per heavy atom. The van der Waals surface area contributed by atoms with Crippen molar-refractivity contribution < 1.29 is 5.06 Å². The summed E-state index contributed by atoms with van der Waals surface area (Å²) in [4.78, 5) is 0. The Labute approximate surface area is 102 Å². The molecule has 0 aromatic heterocycles. The molecule has 2 aromatic carbocycles. The number of hydrogen-bond acceptors (Lipinski definition) is 1. The zero-order chi connectivity index (χ0) is 11.9. The third-order valence-electron chi connectivity index (χ3n) is 2.81. The maximum atomic E-state index is 11.8. The summed E-state index contributed by atoms with van der Waals surface area (Å²) in [5.74, 6) is 0. The highest BCUT2D eigenvalue weighted by Crippen LogP contribution is 2.02. The first-order chi connectivity index (χ1) is 8.36. The molecule has 2 aromatic rings. The van der Waals surface area contributed by atoms with E-state index in [1.54, 1.807) is 0 Å². The van der Waals surface area contributed by atoms with Crippen molar-refractivity contribution in [3.8, 4) is 0 Å². The van der Waals surface area contributed by atoms with E-state index >= 15 is 0 Å². The second-order valence-corrected chi connectivity index (χ2v) is 4.13. The Bertz CT molecular complexity index is 427. The molecule has 0 aliphatic carbocycles. The van der Waals surface area contributed by atoms with Crippen LogP contribution in [0.15, 0.2) is 60.7 Å². The quantitative estimate of drug-likeness (QED) is 0.780. The zero-order valence-electron chi connectivity index (χ0n) is 9.80. The van der Waals surface area contributed by atoms with E-state index in [4.69, 9.17) is 0 Å². The average molecular weight is 227 g/mol. The summed E-state index contributed by atoms with van der Waals surface area (Å²) in [6.07, 6.45) is 1.89. The molecule has 0 saturated heterocycles. The van der Waals surface area contributed by atoms with Crippen molar-refractivity contribution in [3.05, 3.63) is 71.4 Å². The van der Waals surface area contributed by atoms with Crippen molar-refractivity contribution in [2.45, 2.75) is 12.8 Å². The van der Waals surface area contributed by atoms with Crippen molar-refractivity contribution in [1.82, 2.24) is 0 Å². The van der Waals surface area contributed by atoms with Gasteiger partial charge in [-0.25, -0.2) is 0 Å². The van der Waals surface area contributed by atoms with Crippen LogP contribution in [0.25, 0.3) is 0 Å². The van der Waals surface area contributed by atoms with E-state index in [1.165, 1.54) is 5.56 Å². The van der Waals surface area contributed by atoms with Crippen LogP contribution < -0.4 is 5.06 Å². The molecule has 88 valence electrons. The first kappa shape index (κ1) is 11.8. The Kier molecular flexibility index (Phi) is 4.30. The van der Waals surface area contributed by atoms with Gasteiger partial charge in [0.2, 0.25) is 0 Å². The molecule has 2 nitrogen and oxygen atoms in total. The second kappa shape index (κ2) is 6.18. The lowest BCUT2D eigenvalue weighted by molar-refractivity contribution is -0.776. The molecule has 2 heteroatoms. The Morgan fingerprint density at radius 3 is 2.06 bits per heavy atom. The van der Waals surface area contributed by atoms with E-state index in [0.29, 0.717) is 6.54 Å². The predicted octanol–water partition coefficient (Wildman–Crippen LogP) is 2.33. The fraction of sp³-hybridized carbons (Fsp3) is 0.200. The summed E-state index contributed by atoms with van der Waals surface area (Å²) in [7, 11) is 0. The summed E-state index contributed by atoms with van der Waals surface area (Å²) in [5.41, 5.74) is 2.12. The molecule has 1 atom stereocenters. The Balaban J connectivity index is 1.79. The monoisotopic (exact) mass is 227 g/mol. The third kappa shape index (κ3) is 3.70. The molecule has 1 N–H and O–H groups in total. The van der Waals surface area contributed by atoms with Gasteiger partial charge in [-0.1, -0.05) is 48.5 Å². The standard InChI is InChI=1S/C15H17NO/c17-16(15-11-5-2-6-12-15)13-7-10-14-8-3-1-4-9-14/h1-6,8-9,11-12,16H,7,10,13H2. The number of benzene rings is 2. The number of hydrogen-bond donors (Lipinski definition) is 1. The lowest BCUT2D eigenvalue weighted by Crippen LogP contribution is -3.02. The van der Waals surface area contributed by atoms with Crippen LogP contribution in [0.5, 0.6) is 0 Å². The molecule has 0 aliphatic rings. The predicted molar refractivity (Wildman–Crippen MR) is 70.1 cm³/mol. The van der Waals surface area contributed by atoms with Crippen LogP contribution in [0, 0.1) is 5.21 Å². The van der Waals surface area contributed by atoms with Crippen LogP contribution >= 0.6 is 0 Å². The van der Waals surface area contributed by atoms with Gasteiger partial charge in [0.25, 0.3) is 0 Å². The fourth-order valence-corrected chi connectivity index (χ4v) is 1.87. The highest BCUT2D eigenvalue weighted by molar-refractivity contribution is 5.28. The molecule has 1 unspecified atom stereocenters. The number of rotatable bonds is 5. The van der Waals surface area contributed by atoms with E-state index in [9.17, 15) is 5.21 Å². The second-order valence-electron chi connectivity index (χ2n) is 4.13. The van der Waals surface area contributed by atoms with Crippen LogP contribution in [0.2, 0.25) is 0 Å². The summed E-state index contributed by atoms with van der Waals surface area (Å²) in [6, 6.07) is 19.8. The number of quaternary nitrogens is 1. The molecule has 2 rings (SSSR count). The zero-order valence-corrected chi connectivity index (χ0v) is 9.80. The maximum absolute atomic E-state index is 11.8. The molecule has 0 saturated carbocycles. The molecule has 0 radical (unpaired) electrons. The average Bonchev–Trinajstić information content (AvgIpc) is 2.41. The molecule has 17 heavy (non-hydrogen) atoms. The number of hydroxylamine groups is 1. The van der Waals surface area contributed by atoms with Crippen molar-refractivity contribution in [2.75, 3.05) is 6.54 Å². The van der Waals surface area contributed by atoms with E-state index in [-0.39, 0.29) is 5.06 Å². The highest BCUT2D eigenvalue weighted by atomic mass is 16.5. The minimum Gasteiger partial charge on any atom is -0.629 e. The van der Waals surface area contributed by atoms with Crippen LogP contribution in [-0.2, 0) is 6.42 Å². The van der Waals surface area contributed by atoms with Gasteiger partial charge >= 0.3 is 0 Å². The van der Waals surface area contributed by atoms with Gasteiger partial charge in [0.1, 0.15) is 5.69 Å². The summed E-state index contributed by atoms with van der Waals surface area (Å²) < 4.78 is 0. The number of nitrogens with one attached hydrogen (secondary N) is 1. The first-order valence-electron chi connectivity index (χ1n) is 5.98. The van der Waals surface area contributed by atoms with Gasteiger partial charge in [0.15, 0.2) is 0 Å². The van der Waals surface area contributed by atoms with Gasteiger partial charge < -0.3 is 10.3 Å². The van der Waals surface area contributed by atoms with Gasteiger partial charge in [-0.3, -0.25) is 0 Å². The highest BCUT2D eigenvalue weighted by Gasteiger charge is 2.01. The molecular formula is C15H17NO. The minimum absolute atomic E-state index is 0.238. The van der Waals surface area contributed by atoms with Crippen molar-refractivity contribution in [2.24, 2.45) is 0 Å². The topological polar surface area (TPSA) is 27.5 Å². The van der Waals surface area contributed by atoms with Gasteiger partial charge in [-0.15, -0.1) is 0 Å². The molecule has 0 aliphatic heterocycles. The largest absolute Gasteiger partial charge is 0.629 e. The van der Waals surface area contributed by atoms with Crippen molar-refractivity contribution in [1.29, 1.82) is 0 Å². The summed E-state index contributed by atoms with van der Waals surface area (Å²) in [6.45, 7) is 0.624. The van der Waals surface area contributed by atoms with Gasteiger partial charge in [0.05, 0.1) is 6.54 Å². The minimum atomic E-state index is 0.238. The van der Waals surface area contributed by atoms with Crippen LogP contribution in [0.3, 0.4) is 0 Å². The first-order valence-corrected chi connectivity index (χ1v) is 5.98. The fourth-order valence-electron chi connectivity index (χ4n) is 1.87. The maximum Gasteiger partial charge on any atom is 0.131 e. The van der Waals surface area contributed by atoms with Gasteiger partial charge in [-0.2, -0.15) is 0 Å². The van der Waals surface area contributed by atoms with Crippen LogP contribution in [-0.4, -0.2) is 6.54 Å². The molecular weight excluding hydrogens is 210 g/mol. The van der Waals surface area contributed by atoms with E-state index in [2.05, 4.69) is 12.1 Å². The SMILES string of the molecule is [O-][NH+](CCCc1ccccc1)c1ccccc1. The van der Waals surface area contributed by atoms with E-state index < -0.39 is 0 Å². The van der Waals surface area contributed by atoms with E-state index in [1.807, 2.05) is 48.5 Å². The van der Waals surface area contributed by atoms with Crippen molar-refractivity contribution in [3.63, 3.8) is 0 Å². The molecule has 0 heterocycles. The molecule has 0 spiro atoms. The van der Waals surface area contributed by atoms with Gasteiger partial charge in [-0.05, 0) is 24.1 Å². The summed E-state index contributed by atoms with van der Waals surface area (Å²) >= 11 is 0. The van der Waals surface area contributed by atoms with Crippen molar-refractivity contribution >= 4 is 5.69 Å². The lowest BCUT2D eigenvalue weighted by atomic mass is 10.1. The normalized spacial score (nSPS) is 12.3. The van der Waals surface area contributed by atoms with Crippen LogP contribution in [0.1, 0.15) is 12.0 Å². The molecule has 0 bridgehead atoms. The third-order valence-corrected chi connectivity index (χ3v) is 2.81. The Hall–Kier alpha value is -1.64. The molecule has 0 amide bonds. The van der Waals surface area contributed by atoms with Gasteiger partial charge in [0, 0.05) is 6.42 Å². The van der Waals surface area contributed by atoms with Crippen LogP contribution in [0.4, 0.5) is 5.69 Å². The smallest absolute Gasteiger partial charge is 0.131 e. The molecule has 0 fully saturated rings. The number of aryl methyl sites for hydroxylation is 1. The Morgan fingerprint density at radius 2 is 1.41 bits per heavy atom. The summed E-state index contributed by atoms with van der Waals surface area (Å²) in [5, 5.41) is 12.1. The van der Waals surface area contributed by atoms with E-state index in [0.717, 1.165) is 18.5 Å². The number of para-hydroxylation sites is 1.